The highest BCUT2D eigenvalue weighted by molar-refractivity contribution is 7.18. The van der Waals surface area contributed by atoms with Crippen molar-refractivity contribution in [1.82, 2.24) is 20.0 Å². The number of hydrogen-bond acceptors (Lipinski definition) is 5. The molecule has 134 valence electrons. The first kappa shape index (κ1) is 17.1. The maximum absolute atomic E-state index is 12.8. The fourth-order valence-corrected chi connectivity index (χ4v) is 3.44. The Hall–Kier alpha value is -3.32. The minimum absolute atomic E-state index is 0.144. The first-order valence-corrected chi connectivity index (χ1v) is 9.25. The Bertz CT molecular complexity index is 1170. The van der Waals surface area contributed by atoms with E-state index in [1.54, 1.807) is 6.21 Å². The van der Waals surface area contributed by atoms with Gasteiger partial charge in [-0.15, -0.1) is 10.2 Å². The third-order valence-corrected chi connectivity index (χ3v) is 5.00. The monoisotopic (exact) mass is 375 g/mol. The zero-order valence-corrected chi connectivity index (χ0v) is 15.7. The lowest BCUT2D eigenvalue weighted by Gasteiger charge is -2.02. The summed E-state index contributed by atoms with van der Waals surface area (Å²) in [6, 6.07) is 17.6. The van der Waals surface area contributed by atoms with Crippen molar-refractivity contribution in [2.24, 2.45) is 4.99 Å². The number of nitrogens with one attached hydrogen (secondary N) is 1. The predicted molar refractivity (Wildman–Crippen MR) is 108 cm³/mol. The van der Waals surface area contributed by atoms with Gasteiger partial charge in [-0.1, -0.05) is 53.8 Å². The van der Waals surface area contributed by atoms with Crippen molar-refractivity contribution < 1.29 is 0 Å². The third kappa shape index (κ3) is 3.50. The Labute approximate surface area is 159 Å². The number of aliphatic imine (C=N–C) groups is 1. The number of nitrogens with zero attached hydrogens (tertiary/aromatic N) is 4. The van der Waals surface area contributed by atoms with E-state index in [4.69, 9.17) is 0 Å². The van der Waals surface area contributed by atoms with Crippen LogP contribution < -0.4 is 5.56 Å². The summed E-state index contributed by atoms with van der Waals surface area (Å²) in [6.07, 6.45) is 1.55. The van der Waals surface area contributed by atoms with E-state index >= 15 is 0 Å². The molecule has 0 saturated carbocycles. The number of aryl methyl sites for hydroxylation is 2. The van der Waals surface area contributed by atoms with Crippen molar-refractivity contribution in [3.05, 3.63) is 81.8 Å². The first-order chi connectivity index (χ1) is 13.1. The number of aromatic nitrogens is 4. The molecule has 0 amide bonds. The summed E-state index contributed by atoms with van der Waals surface area (Å²) in [5.41, 5.74) is 3.99. The summed E-state index contributed by atoms with van der Waals surface area (Å²) < 4.78 is 1.53. The van der Waals surface area contributed by atoms with Gasteiger partial charge in [0.2, 0.25) is 5.13 Å². The molecule has 0 bridgehead atoms. The molecule has 1 N–H and O–H groups in total. The molecule has 27 heavy (non-hydrogen) atoms. The van der Waals surface area contributed by atoms with E-state index in [1.807, 2.05) is 68.4 Å². The molecule has 0 unspecified atom stereocenters. The summed E-state index contributed by atoms with van der Waals surface area (Å²) in [5, 5.41) is 12.7. The molecule has 0 spiro atoms. The molecule has 4 aromatic rings. The first-order valence-electron chi connectivity index (χ1n) is 8.43. The Balaban J connectivity index is 1.64. The molecular formula is C20H17N5OS. The standard InChI is InChI=1S/C20H17N5OS/c1-13-7-6-10-16(11-13)25-19(26)17(14(2)24-25)12-21-20-23-22-18(27-20)15-8-4-3-5-9-15/h3-12,24H,1-2H3. The molecule has 7 heteroatoms. The van der Waals surface area contributed by atoms with Crippen LogP contribution >= 0.6 is 11.3 Å². The van der Waals surface area contributed by atoms with Gasteiger partial charge < -0.3 is 0 Å². The largest absolute Gasteiger partial charge is 0.295 e. The molecule has 0 aliphatic carbocycles. The van der Waals surface area contributed by atoms with Crippen LogP contribution in [0.25, 0.3) is 16.3 Å². The van der Waals surface area contributed by atoms with E-state index < -0.39 is 0 Å². The number of H-pyrrole nitrogens is 1. The van der Waals surface area contributed by atoms with Crippen molar-refractivity contribution in [2.45, 2.75) is 13.8 Å². The molecule has 2 aromatic heterocycles. The van der Waals surface area contributed by atoms with Gasteiger partial charge in [-0.05, 0) is 31.5 Å². The Morgan fingerprint density at radius 2 is 1.89 bits per heavy atom. The van der Waals surface area contributed by atoms with Crippen molar-refractivity contribution in [3.63, 3.8) is 0 Å². The van der Waals surface area contributed by atoms with E-state index in [0.717, 1.165) is 27.5 Å². The summed E-state index contributed by atoms with van der Waals surface area (Å²) in [6.45, 7) is 3.84. The van der Waals surface area contributed by atoms with Crippen molar-refractivity contribution in [1.29, 1.82) is 0 Å². The van der Waals surface area contributed by atoms with Crippen LogP contribution in [-0.2, 0) is 0 Å². The summed E-state index contributed by atoms with van der Waals surface area (Å²) >= 11 is 1.38. The lowest BCUT2D eigenvalue weighted by atomic mass is 10.2. The lowest BCUT2D eigenvalue weighted by Crippen LogP contribution is -2.17. The van der Waals surface area contributed by atoms with Gasteiger partial charge in [-0.2, -0.15) is 0 Å². The second-order valence-electron chi connectivity index (χ2n) is 6.14. The van der Waals surface area contributed by atoms with Crippen molar-refractivity contribution in [3.8, 4) is 16.3 Å². The van der Waals surface area contributed by atoms with Gasteiger partial charge in [0.15, 0.2) is 0 Å². The second kappa shape index (κ2) is 7.13. The molecule has 0 aliphatic heterocycles. The molecule has 0 fully saturated rings. The SMILES string of the molecule is Cc1cccc(-n2[nH]c(C)c(C=Nc3nnc(-c4ccccc4)s3)c2=O)c1. The average Bonchev–Trinajstić information content (AvgIpc) is 3.26. The van der Waals surface area contributed by atoms with E-state index in [2.05, 4.69) is 20.3 Å². The van der Waals surface area contributed by atoms with Crippen LogP contribution in [0.2, 0.25) is 0 Å². The molecular weight excluding hydrogens is 358 g/mol. The van der Waals surface area contributed by atoms with E-state index in [-0.39, 0.29) is 5.56 Å². The number of benzene rings is 2. The Morgan fingerprint density at radius 3 is 2.67 bits per heavy atom. The van der Waals surface area contributed by atoms with E-state index in [0.29, 0.717) is 10.7 Å². The minimum atomic E-state index is -0.144. The van der Waals surface area contributed by atoms with Crippen LogP contribution in [0.1, 0.15) is 16.8 Å². The van der Waals surface area contributed by atoms with Crippen molar-refractivity contribution >= 4 is 22.7 Å². The topological polar surface area (TPSA) is 75.9 Å². The van der Waals surface area contributed by atoms with Crippen LogP contribution in [0.15, 0.2) is 64.4 Å². The fourth-order valence-electron chi connectivity index (χ4n) is 2.75. The van der Waals surface area contributed by atoms with Gasteiger partial charge in [-0.25, -0.2) is 9.67 Å². The fraction of sp³-hybridized carbons (Fsp3) is 0.100. The summed E-state index contributed by atoms with van der Waals surface area (Å²) in [7, 11) is 0. The maximum Gasteiger partial charge on any atom is 0.280 e. The molecule has 6 nitrogen and oxygen atoms in total. The van der Waals surface area contributed by atoms with Gasteiger partial charge in [0, 0.05) is 17.5 Å². The lowest BCUT2D eigenvalue weighted by molar-refractivity contribution is 0.834. The average molecular weight is 375 g/mol. The quantitative estimate of drug-likeness (QED) is 0.547. The molecule has 0 aliphatic rings. The smallest absolute Gasteiger partial charge is 0.280 e. The molecule has 2 heterocycles. The Kier molecular flexibility index (Phi) is 4.52. The van der Waals surface area contributed by atoms with Crippen molar-refractivity contribution in [2.75, 3.05) is 0 Å². The second-order valence-corrected chi connectivity index (χ2v) is 7.10. The van der Waals surface area contributed by atoms with E-state index in [9.17, 15) is 4.79 Å². The van der Waals surface area contributed by atoms with Gasteiger partial charge >= 0.3 is 0 Å². The van der Waals surface area contributed by atoms with Crippen LogP contribution in [-0.4, -0.2) is 26.2 Å². The van der Waals surface area contributed by atoms with Crippen LogP contribution in [0.5, 0.6) is 0 Å². The highest BCUT2D eigenvalue weighted by Crippen LogP contribution is 2.27. The van der Waals surface area contributed by atoms with Crippen LogP contribution in [0.3, 0.4) is 0 Å². The van der Waals surface area contributed by atoms with Gasteiger partial charge in [0.25, 0.3) is 5.56 Å². The number of aromatic amines is 1. The minimum Gasteiger partial charge on any atom is -0.295 e. The maximum atomic E-state index is 12.8. The normalized spacial score (nSPS) is 11.3. The van der Waals surface area contributed by atoms with Gasteiger partial charge in [-0.3, -0.25) is 9.89 Å². The third-order valence-electron chi connectivity index (χ3n) is 4.12. The van der Waals surface area contributed by atoms with E-state index in [1.165, 1.54) is 16.0 Å². The highest BCUT2D eigenvalue weighted by atomic mass is 32.1. The number of hydrogen-bond donors (Lipinski definition) is 1. The summed E-state index contributed by atoms with van der Waals surface area (Å²) in [5.74, 6) is 0. The number of rotatable bonds is 4. The molecule has 2 aromatic carbocycles. The van der Waals surface area contributed by atoms with Crippen LogP contribution in [0.4, 0.5) is 5.13 Å². The Morgan fingerprint density at radius 1 is 1.07 bits per heavy atom. The van der Waals surface area contributed by atoms with Gasteiger partial charge in [0.05, 0.1) is 11.3 Å². The highest BCUT2D eigenvalue weighted by Gasteiger charge is 2.11. The summed E-state index contributed by atoms with van der Waals surface area (Å²) in [4.78, 5) is 17.1. The predicted octanol–water partition coefficient (Wildman–Crippen LogP) is 4.05. The molecule has 0 radical (unpaired) electrons. The zero-order chi connectivity index (χ0) is 18.8. The molecule has 0 saturated heterocycles. The van der Waals surface area contributed by atoms with Gasteiger partial charge in [0.1, 0.15) is 5.01 Å². The van der Waals surface area contributed by atoms with Crippen LogP contribution in [0, 0.1) is 13.8 Å². The zero-order valence-electron chi connectivity index (χ0n) is 14.9. The molecule has 0 atom stereocenters. The molecule has 4 rings (SSSR count).